The number of aryl methyl sites for hydroxylation is 1. The molecule has 0 bridgehead atoms. The maximum Gasteiger partial charge on any atom is 0.338 e. The van der Waals surface area contributed by atoms with E-state index in [2.05, 4.69) is 18.4 Å². The van der Waals surface area contributed by atoms with Crippen molar-refractivity contribution in [1.29, 1.82) is 0 Å². The lowest BCUT2D eigenvalue weighted by atomic mass is 10.1. The molecule has 0 amide bonds. The molecule has 5 heteroatoms. The molecule has 5 nitrogen and oxygen atoms in total. The molecule has 1 aromatic carbocycles. The molecule has 0 atom stereocenters. The van der Waals surface area contributed by atoms with Gasteiger partial charge in [-0.2, -0.15) is 0 Å². The zero-order valence-electron chi connectivity index (χ0n) is 14.5. The van der Waals surface area contributed by atoms with Gasteiger partial charge in [-0.05, 0) is 51.5 Å². The molecule has 0 aliphatic rings. The Kier molecular flexibility index (Phi) is 5.57. The van der Waals surface area contributed by atoms with Gasteiger partial charge in [0.25, 0.3) is 0 Å². The molecule has 0 spiro atoms. The number of benzene rings is 1. The molecule has 128 valence electrons. The lowest BCUT2D eigenvalue weighted by Crippen LogP contribution is -2.15. The highest BCUT2D eigenvalue weighted by Crippen LogP contribution is 2.20. The van der Waals surface area contributed by atoms with E-state index in [-0.39, 0.29) is 25.0 Å². The van der Waals surface area contributed by atoms with Crippen LogP contribution >= 0.6 is 0 Å². The van der Waals surface area contributed by atoms with Gasteiger partial charge in [0.05, 0.1) is 12.2 Å². The SMILES string of the molecule is Cc1cc(C(=O)COC(=O)c2ccc(CO)cc2)c(C)n1C(C)C. The number of nitrogens with zero attached hydrogens (tertiary/aromatic N) is 1. The molecular weight excluding hydrogens is 306 g/mol. The number of Topliss-reactive ketones (excluding diaryl/α,β-unsaturated/α-hetero) is 1. The van der Waals surface area contributed by atoms with Crippen molar-refractivity contribution in [1.82, 2.24) is 4.57 Å². The Hall–Kier alpha value is -2.40. The summed E-state index contributed by atoms with van der Waals surface area (Å²) < 4.78 is 7.21. The first-order valence-corrected chi connectivity index (χ1v) is 7.93. The van der Waals surface area contributed by atoms with Crippen molar-refractivity contribution < 1.29 is 19.4 Å². The van der Waals surface area contributed by atoms with Crippen LogP contribution in [0.25, 0.3) is 0 Å². The second kappa shape index (κ2) is 7.45. The minimum Gasteiger partial charge on any atom is -0.454 e. The zero-order chi connectivity index (χ0) is 17.9. The van der Waals surface area contributed by atoms with Gasteiger partial charge in [-0.1, -0.05) is 12.1 Å². The van der Waals surface area contributed by atoms with Gasteiger partial charge in [0.2, 0.25) is 5.78 Å². The van der Waals surface area contributed by atoms with E-state index in [9.17, 15) is 9.59 Å². The lowest BCUT2D eigenvalue weighted by molar-refractivity contribution is 0.0474. The molecule has 0 fully saturated rings. The largest absolute Gasteiger partial charge is 0.454 e. The molecule has 1 N–H and O–H groups in total. The van der Waals surface area contributed by atoms with E-state index in [1.807, 2.05) is 19.9 Å². The van der Waals surface area contributed by atoms with E-state index in [4.69, 9.17) is 9.84 Å². The van der Waals surface area contributed by atoms with E-state index in [1.165, 1.54) is 0 Å². The summed E-state index contributed by atoms with van der Waals surface area (Å²) in [5.41, 5.74) is 3.55. The van der Waals surface area contributed by atoms with Gasteiger partial charge in [0.1, 0.15) is 0 Å². The number of esters is 1. The minimum atomic E-state index is -0.550. The third-order valence-electron chi connectivity index (χ3n) is 4.01. The van der Waals surface area contributed by atoms with Crippen molar-refractivity contribution in [2.75, 3.05) is 6.61 Å². The third kappa shape index (κ3) is 3.74. The summed E-state index contributed by atoms with van der Waals surface area (Å²) in [6, 6.07) is 8.54. The predicted octanol–water partition coefficient (Wildman–Crippen LogP) is 3.22. The summed E-state index contributed by atoms with van der Waals surface area (Å²) in [6.07, 6.45) is 0. The number of hydrogen-bond donors (Lipinski definition) is 1. The van der Waals surface area contributed by atoms with E-state index < -0.39 is 5.97 Å². The highest BCUT2D eigenvalue weighted by molar-refractivity contribution is 6.00. The van der Waals surface area contributed by atoms with Gasteiger partial charge in [0, 0.05) is 23.0 Å². The number of ketones is 1. The summed E-state index contributed by atoms with van der Waals surface area (Å²) in [5.74, 6) is -0.763. The first kappa shape index (κ1) is 17.9. The summed E-state index contributed by atoms with van der Waals surface area (Å²) in [5, 5.41) is 9.00. The van der Waals surface area contributed by atoms with Gasteiger partial charge in [-0.3, -0.25) is 4.79 Å². The second-order valence-corrected chi connectivity index (χ2v) is 6.10. The first-order valence-electron chi connectivity index (χ1n) is 7.93. The van der Waals surface area contributed by atoms with Crippen LogP contribution in [0.1, 0.15) is 57.6 Å². The fourth-order valence-electron chi connectivity index (χ4n) is 2.89. The highest BCUT2D eigenvalue weighted by Gasteiger charge is 2.18. The van der Waals surface area contributed by atoms with E-state index in [0.717, 1.165) is 11.4 Å². The molecule has 0 radical (unpaired) electrons. The summed E-state index contributed by atoms with van der Waals surface area (Å²) in [6.45, 7) is 7.60. The molecule has 0 saturated carbocycles. The number of carbonyl (C=O) groups excluding carboxylic acids is 2. The van der Waals surface area contributed by atoms with Gasteiger partial charge in [0.15, 0.2) is 6.61 Å². The first-order chi connectivity index (χ1) is 11.3. The Morgan fingerprint density at radius 2 is 1.79 bits per heavy atom. The Morgan fingerprint density at radius 1 is 1.17 bits per heavy atom. The van der Waals surface area contributed by atoms with Crippen LogP contribution in [0.15, 0.2) is 30.3 Å². The highest BCUT2D eigenvalue weighted by atomic mass is 16.5. The smallest absolute Gasteiger partial charge is 0.338 e. The molecule has 2 aromatic rings. The van der Waals surface area contributed by atoms with Crippen LogP contribution in [0.5, 0.6) is 0 Å². The number of aliphatic hydroxyl groups excluding tert-OH is 1. The number of aliphatic hydroxyl groups is 1. The number of ether oxygens (including phenoxy) is 1. The Labute approximate surface area is 141 Å². The van der Waals surface area contributed by atoms with Crippen LogP contribution in [-0.2, 0) is 11.3 Å². The maximum atomic E-state index is 12.4. The molecule has 24 heavy (non-hydrogen) atoms. The quantitative estimate of drug-likeness (QED) is 0.652. The van der Waals surface area contributed by atoms with Gasteiger partial charge < -0.3 is 14.4 Å². The molecule has 0 aliphatic carbocycles. The summed E-state index contributed by atoms with van der Waals surface area (Å²) in [7, 11) is 0. The average molecular weight is 329 g/mol. The van der Waals surface area contributed by atoms with Crippen molar-refractivity contribution in [2.24, 2.45) is 0 Å². The van der Waals surface area contributed by atoms with Crippen LogP contribution in [-0.4, -0.2) is 28.0 Å². The number of carbonyl (C=O) groups is 2. The molecule has 1 aromatic heterocycles. The van der Waals surface area contributed by atoms with Crippen molar-refractivity contribution in [2.45, 2.75) is 40.3 Å². The lowest BCUT2D eigenvalue weighted by Gasteiger charge is -2.13. The number of rotatable bonds is 6. The molecule has 1 heterocycles. The van der Waals surface area contributed by atoms with Gasteiger partial charge >= 0.3 is 5.97 Å². The van der Waals surface area contributed by atoms with E-state index in [1.54, 1.807) is 24.3 Å². The fourth-order valence-corrected chi connectivity index (χ4v) is 2.89. The van der Waals surface area contributed by atoms with Crippen molar-refractivity contribution in [3.63, 3.8) is 0 Å². The molecule has 0 unspecified atom stereocenters. The summed E-state index contributed by atoms with van der Waals surface area (Å²) >= 11 is 0. The number of hydrogen-bond acceptors (Lipinski definition) is 4. The molecule has 0 saturated heterocycles. The third-order valence-corrected chi connectivity index (χ3v) is 4.01. The Morgan fingerprint density at radius 3 is 2.29 bits per heavy atom. The van der Waals surface area contributed by atoms with Gasteiger partial charge in [-0.25, -0.2) is 4.79 Å². The molecular formula is C19H23NO4. The normalized spacial score (nSPS) is 10.9. The van der Waals surface area contributed by atoms with E-state index in [0.29, 0.717) is 16.7 Å². The Balaban J connectivity index is 2.05. The average Bonchev–Trinajstić information content (AvgIpc) is 2.87. The fraction of sp³-hybridized carbons (Fsp3) is 0.368. The second-order valence-electron chi connectivity index (χ2n) is 6.10. The van der Waals surface area contributed by atoms with Crippen molar-refractivity contribution in [3.05, 3.63) is 58.4 Å². The molecule has 2 rings (SSSR count). The van der Waals surface area contributed by atoms with Crippen molar-refractivity contribution >= 4 is 11.8 Å². The predicted molar refractivity (Wildman–Crippen MR) is 91.3 cm³/mol. The zero-order valence-corrected chi connectivity index (χ0v) is 14.5. The maximum absolute atomic E-state index is 12.4. The minimum absolute atomic E-state index is 0.0840. The van der Waals surface area contributed by atoms with Crippen molar-refractivity contribution in [3.8, 4) is 0 Å². The molecule has 0 aliphatic heterocycles. The number of aromatic nitrogens is 1. The standard InChI is InChI=1S/C19H23NO4/c1-12(2)20-13(3)9-17(14(20)4)18(22)11-24-19(23)16-7-5-15(10-21)6-8-16/h5-9,12,21H,10-11H2,1-4H3. The van der Waals surface area contributed by atoms with Crippen LogP contribution in [0.2, 0.25) is 0 Å². The summed E-state index contributed by atoms with van der Waals surface area (Å²) in [4.78, 5) is 24.4. The Bertz CT molecular complexity index is 741. The van der Waals surface area contributed by atoms with Gasteiger partial charge in [-0.15, -0.1) is 0 Å². The van der Waals surface area contributed by atoms with Crippen LogP contribution < -0.4 is 0 Å². The van der Waals surface area contributed by atoms with Crippen LogP contribution in [0, 0.1) is 13.8 Å². The monoisotopic (exact) mass is 329 g/mol. The van der Waals surface area contributed by atoms with Crippen LogP contribution in [0.3, 0.4) is 0 Å². The van der Waals surface area contributed by atoms with E-state index >= 15 is 0 Å². The topological polar surface area (TPSA) is 68.5 Å². The van der Waals surface area contributed by atoms with Crippen LogP contribution in [0.4, 0.5) is 0 Å².